The Kier molecular flexibility index (Phi) is 4.13. The van der Waals surface area contributed by atoms with Crippen molar-refractivity contribution in [1.29, 1.82) is 0 Å². The third kappa shape index (κ3) is 3.03. The highest BCUT2D eigenvalue weighted by Crippen LogP contribution is 2.32. The van der Waals surface area contributed by atoms with Crippen LogP contribution >= 0.6 is 0 Å². The number of nitrogens with zero attached hydrogens (tertiary/aromatic N) is 1. The van der Waals surface area contributed by atoms with Crippen LogP contribution in [0.25, 0.3) is 0 Å². The lowest BCUT2D eigenvalue weighted by Gasteiger charge is -2.34. The topological polar surface area (TPSA) is 131 Å². The Morgan fingerprint density at radius 3 is 2.60 bits per heavy atom. The third-order valence-electron chi connectivity index (χ3n) is 4.17. The number of carboxylic acids is 1. The van der Waals surface area contributed by atoms with Gasteiger partial charge in [-0.3, -0.25) is 4.79 Å². The number of carbonyl (C=O) groups is 2. The first-order valence-electron chi connectivity index (χ1n) is 7.45. The Morgan fingerprint density at radius 1 is 1.32 bits per heavy atom. The van der Waals surface area contributed by atoms with E-state index in [4.69, 9.17) is 9.56 Å². The molecule has 1 amide bonds. The number of furan rings is 1. The van der Waals surface area contributed by atoms with E-state index in [0.29, 0.717) is 12.0 Å². The molecule has 2 heterocycles. The number of primary sulfonamides is 1. The summed E-state index contributed by atoms with van der Waals surface area (Å²) < 4.78 is 28.2. The lowest BCUT2D eigenvalue weighted by Crippen LogP contribution is -2.43. The lowest BCUT2D eigenvalue weighted by atomic mass is 9.92. The number of benzene rings is 1. The van der Waals surface area contributed by atoms with Crippen LogP contribution in [0.15, 0.2) is 39.6 Å². The summed E-state index contributed by atoms with van der Waals surface area (Å²) in [5.74, 6) is -2.14. The Bertz CT molecular complexity index is 963. The molecule has 3 rings (SSSR count). The molecule has 1 aliphatic heterocycles. The molecule has 0 fully saturated rings. The summed E-state index contributed by atoms with van der Waals surface area (Å²) in [5, 5.41) is 14.7. The highest BCUT2D eigenvalue weighted by molar-refractivity contribution is 7.89. The number of fused-ring (bicyclic) bond motifs is 1. The summed E-state index contributed by atoms with van der Waals surface area (Å²) in [6.45, 7) is 1.55. The number of carbonyl (C=O) groups excluding carboxylic acids is 1. The third-order valence-corrected chi connectivity index (χ3v) is 5.19. The van der Waals surface area contributed by atoms with Crippen LogP contribution in [0, 0.1) is 6.92 Å². The zero-order chi connectivity index (χ0) is 18.4. The smallest absolute Gasteiger partial charge is 0.331 e. The molecule has 3 N–H and O–H groups in total. The van der Waals surface area contributed by atoms with E-state index in [-0.39, 0.29) is 23.0 Å². The van der Waals surface area contributed by atoms with Crippen LogP contribution in [0.1, 0.15) is 33.5 Å². The van der Waals surface area contributed by atoms with Gasteiger partial charge in [0.15, 0.2) is 11.8 Å². The zero-order valence-electron chi connectivity index (χ0n) is 13.3. The van der Waals surface area contributed by atoms with Crippen molar-refractivity contribution in [1.82, 2.24) is 4.90 Å². The number of aliphatic carboxylic acids is 1. The molecule has 0 radical (unpaired) electrons. The van der Waals surface area contributed by atoms with Gasteiger partial charge in [0.1, 0.15) is 10.7 Å². The van der Waals surface area contributed by atoms with Gasteiger partial charge < -0.3 is 14.4 Å². The van der Waals surface area contributed by atoms with Crippen molar-refractivity contribution in [3.8, 4) is 0 Å². The normalized spacial score (nSPS) is 17.2. The Morgan fingerprint density at radius 2 is 2.00 bits per heavy atom. The van der Waals surface area contributed by atoms with Gasteiger partial charge in [0.2, 0.25) is 10.0 Å². The summed E-state index contributed by atoms with van der Waals surface area (Å²) in [5.41, 5.74) is 1.39. The van der Waals surface area contributed by atoms with E-state index in [1.54, 1.807) is 12.1 Å². The number of rotatable bonds is 3. The molecule has 1 aromatic heterocycles. The second-order valence-corrected chi connectivity index (χ2v) is 7.29. The van der Waals surface area contributed by atoms with Crippen LogP contribution in [0.2, 0.25) is 0 Å². The fourth-order valence-corrected chi connectivity index (χ4v) is 3.76. The van der Waals surface area contributed by atoms with Crippen LogP contribution in [-0.2, 0) is 21.2 Å². The van der Waals surface area contributed by atoms with Crippen LogP contribution in [0.5, 0.6) is 0 Å². The molecular formula is C16H16N2O6S. The minimum absolute atomic E-state index is 0.0184. The zero-order valence-corrected chi connectivity index (χ0v) is 14.1. The number of sulfonamides is 1. The van der Waals surface area contributed by atoms with Crippen LogP contribution < -0.4 is 5.14 Å². The number of hydrogen-bond donors (Lipinski definition) is 2. The predicted molar refractivity (Wildman–Crippen MR) is 86.4 cm³/mol. The molecule has 1 atom stereocenters. The van der Waals surface area contributed by atoms with E-state index in [2.05, 4.69) is 0 Å². The van der Waals surface area contributed by atoms with Gasteiger partial charge in [-0.05, 0) is 24.5 Å². The van der Waals surface area contributed by atoms with Crippen LogP contribution in [-0.4, -0.2) is 36.8 Å². The molecule has 0 bridgehead atoms. The molecule has 25 heavy (non-hydrogen) atoms. The predicted octanol–water partition coefficient (Wildman–Crippen LogP) is 1.06. The number of aryl methyl sites for hydroxylation is 1. The van der Waals surface area contributed by atoms with E-state index in [9.17, 15) is 23.1 Å². The molecule has 0 spiro atoms. The van der Waals surface area contributed by atoms with Crippen molar-refractivity contribution in [2.24, 2.45) is 5.14 Å². The summed E-state index contributed by atoms with van der Waals surface area (Å²) >= 11 is 0. The maximum Gasteiger partial charge on any atom is 0.331 e. The quantitative estimate of drug-likeness (QED) is 0.837. The second kappa shape index (κ2) is 6.01. The average Bonchev–Trinajstić information content (AvgIpc) is 2.95. The average molecular weight is 364 g/mol. The van der Waals surface area contributed by atoms with E-state index in [1.807, 2.05) is 12.1 Å². The molecular weight excluding hydrogens is 348 g/mol. The molecule has 2 aromatic rings. The standard InChI is InChI=1S/C16H16N2O6S/c1-9-13(25(17,22)23)8-12(24-9)15(19)18-7-6-10-4-2-3-5-11(10)14(18)16(20)21/h2-5,8,14H,6-7H2,1H3,(H,20,21)(H2,17,22,23). The van der Waals surface area contributed by atoms with Crippen molar-refractivity contribution in [3.63, 3.8) is 0 Å². The first kappa shape index (κ1) is 17.2. The Balaban J connectivity index is 2.01. The molecule has 8 nitrogen and oxygen atoms in total. The molecule has 1 aliphatic rings. The number of nitrogens with two attached hydrogens (primary N) is 1. The van der Waals surface area contributed by atoms with Crippen molar-refractivity contribution >= 4 is 21.9 Å². The second-order valence-electron chi connectivity index (χ2n) is 5.76. The van der Waals surface area contributed by atoms with E-state index in [1.165, 1.54) is 6.92 Å². The number of hydrogen-bond acceptors (Lipinski definition) is 5. The van der Waals surface area contributed by atoms with Gasteiger partial charge in [0, 0.05) is 12.6 Å². The molecule has 1 unspecified atom stereocenters. The first-order valence-corrected chi connectivity index (χ1v) is 8.99. The van der Waals surface area contributed by atoms with Gasteiger partial charge in [-0.15, -0.1) is 0 Å². The van der Waals surface area contributed by atoms with Gasteiger partial charge in [0.05, 0.1) is 0 Å². The monoisotopic (exact) mass is 364 g/mol. The summed E-state index contributed by atoms with van der Waals surface area (Å²) in [6.07, 6.45) is 0.493. The fourth-order valence-electron chi connectivity index (χ4n) is 3.05. The highest BCUT2D eigenvalue weighted by atomic mass is 32.2. The number of amides is 1. The van der Waals surface area contributed by atoms with E-state index < -0.39 is 27.9 Å². The van der Waals surface area contributed by atoms with Gasteiger partial charge in [0.25, 0.3) is 5.91 Å². The van der Waals surface area contributed by atoms with E-state index in [0.717, 1.165) is 16.5 Å². The highest BCUT2D eigenvalue weighted by Gasteiger charge is 2.37. The minimum Gasteiger partial charge on any atom is -0.479 e. The Labute approximate surface area is 143 Å². The van der Waals surface area contributed by atoms with Crippen LogP contribution in [0.3, 0.4) is 0 Å². The van der Waals surface area contributed by atoms with Crippen molar-refractivity contribution in [3.05, 3.63) is 53.0 Å². The van der Waals surface area contributed by atoms with Gasteiger partial charge >= 0.3 is 5.97 Å². The van der Waals surface area contributed by atoms with Gasteiger partial charge in [-0.25, -0.2) is 18.4 Å². The largest absolute Gasteiger partial charge is 0.479 e. The maximum atomic E-state index is 12.8. The Hall–Kier alpha value is -2.65. The fraction of sp³-hybridized carbons (Fsp3) is 0.250. The molecule has 0 aliphatic carbocycles. The molecule has 0 saturated heterocycles. The van der Waals surface area contributed by atoms with Crippen molar-refractivity contribution in [2.75, 3.05) is 6.54 Å². The van der Waals surface area contributed by atoms with Gasteiger partial charge in [-0.1, -0.05) is 24.3 Å². The lowest BCUT2D eigenvalue weighted by molar-refractivity contribution is -0.143. The summed E-state index contributed by atoms with van der Waals surface area (Å²) in [4.78, 5) is 25.4. The molecule has 132 valence electrons. The minimum atomic E-state index is -4.04. The SMILES string of the molecule is Cc1oc(C(=O)N2CCc3ccccc3C2C(=O)O)cc1S(N)(=O)=O. The van der Waals surface area contributed by atoms with Crippen molar-refractivity contribution in [2.45, 2.75) is 24.3 Å². The summed E-state index contributed by atoms with van der Waals surface area (Å²) in [7, 11) is -4.04. The van der Waals surface area contributed by atoms with E-state index >= 15 is 0 Å². The van der Waals surface area contributed by atoms with Crippen molar-refractivity contribution < 1.29 is 27.5 Å². The first-order chi connectivity index (χ1) is 11.7. The van der Waals surface area contributed by atoms with Crippen LogP contribution in [0.4, 0.5) is 0 Å². The molecule has 1 aromatic carbocycles. The van der Waals surface area contributed by atoms with Gasteiger partial charge in [-0.2, -0.15) is 0 Å². The molecule has 9 heteroatoms. The summed E-state index contributed by atoms with van der Waals surface area (Å²) in [6, 6.07) is 6.87. The number of carboxylic acid groups (broad SMARTS) is 1. The maximum absolute atomic E-state index is 12.8. The molecule has 0 saturated carbocycles.